The largest absolute Gasteiger partial charge is 0.310 e. The molecule has 106 valence electrons. The van der Waals surface area contributed by atoms with Gasteiger partial charge in [-0.15, -0.1) is 0 Å². The van der Waals surface area contributed by atoms with Crippen molar-refractivity contribution in [3.05, 3.63) is 70.2 Å². The van der Waals surface area contributed by atoms with Gasteiger partial charge in [-0.25, -0.2) is 8.78 Å². The van der Waals surface area contributed by atoms with Crippen LogP contribution in [0.25, 0.3) is 0 Å². The number of likely N-dealkylation sites (N-methyl/N-ethyl adjacent to an activating group) is 1. The van der Waals surface area contributed by atoms with Crippen LogP contribution in [0.15, 0.2) is 42.5 Å². The van der Waals surface area contributed by atoms with Crippen molar-refractivity contribution >= 4 is 11.6 Å². The molecule has 0 fully saturated rings. The van der Waals surface area contributed by atoms with E-state index in [9.17, 15) is 8.78 Å². The Morgan fingerprint density at radius 1 is 1.15 bits per heavy atom. The lowest BCUT2D eigenvalue weighted by atomic mass is 9.98. The van der Waals surface area contributed by atoms with Crippen molar-refractivity contribution in [1.29, 1.82) is 0 Å². The summed E-state index contributed by atoms with van der Waals surface area (Å²) in [5.74, 6) is -0.691. The highest BCUT2D eigenvalue weighted by molar-refractivity contribution is 6.30. The second-order valence-corrected chi connectivity index (χ2v) is 5.03. The maximum Gasteiger partial charge on any atom is 0.141 e. The Hall–Kier alpha value is -1.45. The fourth-order valence-corrected chi connectivity index (χ4v) is 2.38. The summed E-state index contributed by atoms with van der Waals surface area (Å²) in [5.41, 5.74) is 1.78. The molecule has 0 heterocycles. The Bertz CT molecular complexity index is 586. The first-order chi connectivity index (χ1) is 9.60. The number of nitrogens with one attached hydrogen (secondary N) is 1. The molecule has 0 aliphatic carbocycles. The molecule has 2 aromatic rings. The average Bonchev–Trinajstić information content (AvgIpc) is 2.42. The van der Waals surface area contributed by atoms with E-state index in [1.807, 2.05) is 13.0 Å². The molecule has 0 saturated carbocycles. The van der Waals surface area contributed by atoms with E-state index in [1.165, 1.54) is 18.2 Å². The highest BCUT2D eigenvalue weighted by Gasteiger charge is 2.13. The Labute approximate surface area is 122 Å². The molecule has 2 rings (SSSR count). The zero-order chi connectivity index (χ0) is 14.5. The van der Waals surface area contributed by atoms with Gasteiger partial charge in [-0.3, -0.25) is 0 Å². The molecule has 4 heteroatoms. The fourth-order valence-electron chi connectivity index (χ4n) is 2.18. The van der Waals surface area contributed by atoms with E-state index in [4.69, 9.17) is 11.6 Å². The van der Waals surface area contributed by atoms with E-state index in [2.05, 4.69) is 5.32 Å². The summed E-state index contributed by atoms with van der Waals surface area (Å²) in [6.07, 6.45) is 0.622. The van der Waals surface area contributed by atoms with Crippen LogP contribution in [0.4, 0.5) is 8.78 Å². The van der Waals surface area contributed by atoms with Gasteiger partial charge in [0.1, 0.15) is 11.6 Å². The lowest BCUT2D eigenvalue weighted by Gasteiger charge is -2.19. The first-order valence-electron chi connectivity index (χ1n) is 6.53. The lowest BCUT2D eigenvalue weighted by Crippen LogP contribution is -2.23. The first kappa shape index (κ1) is 14.9. The number of hydrogen-bond acceptors (Lipinski definition) is 1. The number of hydrogen-bond donors (Lipinski definition) is 1. The smallest absolute Gasteiger partial charge is 0.141 e. The molecule has 0 aliphatic heterocycles. The van der Waals surface area contributed by atoms with Crippen LogP contribution in [0.1, 0.15) is 24.1 Å². The number of benzene rings is 2. The molecule has 0 radical (unpaired) electrons. The minimum absolute atomic E-state index is 0.0303. The molecule has 0 bridgehead atoms. The molecule has 20 heavy (non-hydrogen) atoms. The summed E-state index contributed by atoms with van der Waals surface area (Å²) in [6, 6.07) is 11.1. The van der Waals surface area contributed by atoms with E-state index >= 15 is 0 Å². The summed E-state index contributed by atoms with van der Waals surface area (Å²) in [5, 5.41) is 3.41. The van der Waals surface area contributed by atoms with Gasteiger partial charge in [0.25, 0.3) is 0 Å². The summed E-state index contributed by atoms with van der Waals surface area (Å²) in [7, 11) is 0. The summed E-state index contributed by atoms with van der Waals surface area (Å²) < 4.78 is 26.5. The molecule has 1 nitrogen and oxygen atoms in total. The third-order valence-corrected chi connectivity index (χ3v) is 3.42. The molecule has 1 unspecified atom stereocenters. The van der Waals surface area contributed by atoms with Crippen molar-refractivity contribution in [1.82, 2.24) is 5.32 Å². The summed E-state index contributed by atoms with van der Waals surface area (Å²) >= 11 is 5.79. The first-order valence-corrected chi connectivity index (χ1v) is 6.90. The zero-order valence-corrected chi connectivity index (χ0v) is 11.9. The fraction of sp³-hybridized carbons (Fsp3) is 0.250. The monoisotopic (exact) mass is 295 g/mol. The minimum atomic E-state index is -0.429. The van der Waals surface area contributed by atoms with E-state index in [-0.39, 0.29) is 16.9 Å². The van der Waals surface area contributed by atoms with Crippen LogP contribution in [-0.2, 0) is 6.42 Å². The second-order valence-electron chi connectivity index (χ2n) is 4.62. The van der Waals surface area contributed by atoms with E-state index in [0.29, 0.717) is 6.42 Å². The second kappa shape index (κ2) is 6.82. The highest BCUT2D eigenvalue weighted by atomic mass is 35.5. The van der Waals surface area contributed by atoms with Crippen LogP contribution in [0.2, 0.25) is 5.02 Å². The van der Waals surface area contributed by atoms with Gasteiger partial charge in [0.2, 0.25) is 0 Å². The van der Waals surface area contributed by atoms with E-state index in [1.54, 1.807) is 18.2 Å². The van der Waals surface area contributed by atoms with Gasteiger partial charge in [0.05, 0.1) is 5.02 Å². The lowest BCUT2D eigenvalue weighted by molar-refractivity contribution is 0.542. The van der Waals surface area contributed by atoms with Gasteiger partial charge >= 0.3 is 0 Å². The topological polar surface area (TPSA) is 12.0 Å². The Kier molecular flexibility index (Phi) is 5.10. The maximum atomic E-state index is 13.3. The average molecular weight is 296 g/mol. The van der Waals surface area contributed by atoms with Gasteiger partial charge in [-0.05, 0) is 48.4 Å². The van der Waals surface area contributed by atoms with Crippen LogP contribution >= 0.6 is 11.6 Å². The van der Waals surface area contributed by atoms with Crippen LogP contribution in [0.5, 0.6) is 0 Å². The van der Waals surface area contributed by atoms with Gasteiger partial charge in [-0.1, -0.05) is 36.7 Å². The quantitative estimate of drug-likeness (QED) is 0.855. The molecule has 0 aromatic heterocycles. The molecule has 1 N–H and O–H groups in total. The predicted molar refractivity (Wildman–Crippen MR) is 77.9 cm³/mol. The molecular formula is C16H16ClF2N. The van der Waals surface area contributed by atoms with Crippen LogP contribution in [-0.4, -0.2) is 6.54 Å². The van der Waals surface area contributed by atoms with E-state index < -0.39 is 5.82 Å². The third kappa shape index (κ3) is 3.78. The van der Waals surface area contributed by atoms with Crippen LogP contribution in [0.3, 0.4) is 0 Å². The van der Waals surface area contributed by atoms with Crippen molar-refractivity contribution in [2.24, 2.45) is 0 Å². The van der Waals surface area contributed by atoms with Gasteiger partial charge in [0, 0.05) is 6.04 Å². The van der Waals surface area contributed by atoms with Crippen LogP contribution in [0, 0.1) is 11.6 Å². The molecule has 0 aliphatic rings. The normalized spacial score (nSPS) is 12.4. The van der Waals surface area contributed by atoms with Crippen molar-refractivity contribution in [3.63, 3.8) is 0 Å². The standard InChI is InChI=1S/C16H16ClF2N/c1-2-20-16(12-4-3-5-13(18)10-12)9-11-6-7-15(19)14(17)8-11/h3-8,10,16,20H,2,9H2,1H3. The summed E-state index contributed by atoms with van der Waals surface area (Å²) in [6.45, 7) is 2.75. The predicted octanol–water partition coefficient (Wildman–Crippen LogP) is 4.51. The molecule has 0 spiro atoms. The Balaban J connectivity index is 2.22. The third-order valence-electron chi connectivity index (χ3n) is 3.13. The molecule has 0 saturated heterocycles. The highest BCUT2D eigenvalue weighted by Crippen LogP contribution is 2.22. The van der Waals surface area contributed by atoms with Gasteiger partial charge in [-0.2, -0.15) is 0 Å². The minimum Gasteiger partial charge on any atom is -0.310 e. The van der Waals surface area contributed by atoms with Gasteiger partial charge in [0.15, 0.2) is 0 Å². The van der Waals surface area contributed by atoms with Gasteiger partial charge < -0.3 is 5.32 Å². The Morgan fingerprint density at radius 3 is 2.60 bits per heavy atom. The summed E-state index contributed by atoms with van der Waals surface area (Å²) in [4.78, 5) is 0. The van der Waals surface area contributed by atoms with Crippen molar-refractivity contribution < 1.29 is 8.78 Å². The molecular weight excluding hydrogens is 280 g/mol. The zero-order valence-electron chi connectivity index (χ0n) is 11.2. The Morgan fingerprint density at radius 2 is 1.95 bits per heavy atom. The van der Waals surface area contributed by atoms with Crippen molar-refractivity contribution in [2.75, 3.05) is 6.54 Å². The molecule has 2 aromatic carbocycles. The molecule has 1 atom stereocenters. The van der Waals surface area contributed by atoms with Crippen molar-refractivity contribution in [3.8, 4) is 0 Å². The van der Waals surface area contributed by atoms with Crippen LogP contribution < -0.4 is 5.32 Å². The number of rotatable bonds is 5. The SMILES string of the molecule is CCNC(Cc1ccc(F)c(Cl)c1)c1cccc(F)c1. The van der Waals surface area contributed by atoms with E-state index in [0.717, 1.165) is 17.7 Å². The van der Waals surface area contributed by atoms with Crippen molar-refractivity contribution in [2.45, 2.75) is 19.4 Å². The molecule has 0 amide bonds. The number of halogens is 3. The maximum absolute atomic E-state index is 13.3.